The highest BCUT2D eigenvalue weighted by molar-refractivity contribution is 6.28. The number of aromatic nitrogens is 2. The van der Waals surface area contributed by atoms with Crippen LogP contribution in [0.3, 0.4) is 0 Å². The fourth-order valence-electron chi connectivity index (χ4n) is 3.00. The second-order valence-corrected chi connectivity index (χ2v) is 5.37. The molecule has 0 aromatic carbocycles. The zero-order valence-electron chi connectivity index (χ0n) is 10.1. The van der Waals surface area contributed by atoms with Gasteiger partial charge >= 0.3 is 0 Å². The van der Waals surface area contributed by atoms with E-state index in [9.17, 15) is 4.39 Å². The summed E-state index contributed by atoms with van der Waals surface area (Å²) in [4.78, 5) is 10.1. The van der Waals surface area contributed by atoms with Crippen molar-refractivity contribution in [3.63, 3.8) is 0 Å². The van der Waals surface area contributed by atoms with E-state index in [1.165, 1.54) is 19.4 Å². The van der Waals surface area contributed by atoms with Gasteiger partial charge < -0.3 is 10.2 Å². The van der Waals surface area contributed by atoms with E-state index in [-0.39, 0.29) is 17.1 Å². The van der Waals surface area contributed by atoms with Crippen molar-refractivity contribution < 1.29 is 4.39 Å². The van der Waals surface area contributed by atoms with Crippen LogP contribution in [0.25, 0.3) is 0 Å². The molecule has 0 radical (unpaired) electrons. The summed E-state index contributed by atoms with van der Waals surface area (Å²) in [7, 11) is 0. The maximum absolute atomic E-state index is 13.5. The van der Waals surface area contributed by atoms with Crippen molar-refractivity contribution in [3.8, 4) is 0 Å². The van der Waals surface area contributed by atoms with Gasteiger partial charge in [0.05, 0.1) is 6.20 Å². The lowest BCUT2D eigenvalue weighted by Crippen LogP contribution is -2.43. The summed E-state index contributed by atoms with van der Waals surface area (Å²) in [6, 6.07) is 0.932. The van der Waals surface area contributed by atoms with Gasteiger partial charge in [0, 0.05) is 18.6 Å². The molecule has 3 rings (SSSR count). The number of anilines is 1. The van der Waals surface area contributed by atoms with Gasteiger partial charge in [-0.2, -0.15) is 4.98 Å². The molecule has 1 aromatic rings. The fraction of sp³-hybridized carbons (Fsp3) is 0.667. The summed E-state index contributed by atoms with van der Waals surface area (Å²) in [6.07, 6.45) is 5.73. The number of fused-ring (bicyclic) bond motifs is 1. The molecule has 2 aliphatic heterocycles. The molecule has 2 fully saturated rings. The van der Waals surface area contributed by atoms with Crippen LogP contribution in [0.4, 0.5) is 10.2 Å². The van der Waals surface area contributed by atoms with Crippen molar-refractivity contribution >= 4 is 17.4 Å². The van der Waals surface area contributed by atoms with Crippen molar-refractivity contribution in [2.45, 2.75) is 37.8 Å². The molecule has 2 atom stereocenters. The maximum atomic E-state index is 13.5. The first-order chi connectivity index (χ1) is 8.72. The van der Waals surface area contributed by atoms with Crippen LogP contribution in [0, 0.1) is 5.82 Å². The summed E-state index contributed by atoms with van der Waals surface area (Å²) in [5, 5.41) is 3.25. The Morgan fingerprint density at radius 1 is 1.39 bits per heavy atom. The minimum Gasteiger partial charge on any atom is -0.365 e. The van der Waals surface area contributed by atoms with E-state index in [1.807, 2.05) is 0 Å². The predicted molar refractivity (Wildman–Crippen MR) is 68.2 cm³/mol. The summed E-state index contributed by atoms with van der Waals surface area (Å²) in [6.45, 7) is 2.30. The van der Waals surface area contributed by atoms with Crippen LogP contribution in [-0.2, 0) is 0 Å². The number of piperidine rings is 1. The van der Waals surface area contributed by atoms with E-state index in [0.717, 1.165) is 25.6 Å². The van der Waals surface area contributed by atoms with E-state index in [0.29, 0.717) is 6.04 Å². The van der Waals surface area contributed by atoms with Gasteiger partial charge in [-0.05, 0) is 43.8 Å². The Morgan fingerprint density at radius 2 is 2.28 bits per heavy atom. The molecule has 0 spiro atoms. The van der Waals surface area contributed by atoms with E-state index >= 15 is 0 Å². The van der Waals surface area contributed by atoms with Crippen molar-refractivity contribution in [3.05, 3.63) is 17.3 Å². The quantitative estimate of drug-likeness (QED) is 0.838. The number of hydrogen-bond acceptors (Lipinski definition) is 4. The molecule has 2 saturated heterocycles. The highest BCUT2D eigenvalue weighted by atomic mass is 35.5. The van der Waals surface area contributed by atoms with E-state index in [2.05, 4.69) is 20.2 Å². The Hall–Kier alpha value is -0.940. The summed E-state index contributed by atoms with van der Waals surface area (Å²) in [5.74, 6) is -0.209. The van der Waals surface area contributed by atoms with Crippen molar-refractivity contribution in [1.82, 2.24) is 14.9 Å². The normalized spacial score (nSPS) is 28.1. The minimum absolute atomic E-state index is 0.0807. The summed E-state index contributed by atoms with van der Waals surface area (Å²) in [5.41, 5.74) is 0. The number of nitrogens with one attached hydrogen (secondary N) is 1. The van der Waals surface area contributed by atoms with Gasteiger partial charge in [0.2, 0.25) is 5.28 Å². The predicted octanol–water partition coefficient (Wildman–Crippen LogP) is 2.31. The van der Waals surface area contributed by atoms with Crippen LogP contribution >= 0.6 is 11.6 Å². The lowest BCUT2D eigenvalue weighted by molar-refractivity contribution is 0.188. The Bertz CT molecular complexity index is 442. The Balaban J connectivity index is 1.67. The molecule has 6 heteroatoms. The van der Waals surface area contributed by atoms with Crippen LogP contribution in [-0.4, -0.2) is 40.0 Å². The second kappa shape index (κ2) is 4.97. The molecular weight excluding hydrogens is 255 g/mol. The summed E-state index contributed by atoms with van der Waals surface area (Å²) >= 11 is 5.69. The van der Waals surface area contributed by atoms with Crippen LogP contribution in [0.15, 0.2) is 6.20 Å². The Labute approximate surface area is 111 Å². The van der Waals surface area contributed by atoms with Crippen LogP contribution in [0.2, 0.25) is 5.28 Å². The molecule has 1 N–H and O–H groups in total. The van der Waals surface area contributed by atoms with E-state index < -0.39 is 5.82 Å². The lowest BCUT2D eigenvalue weighted by atomic mass is 9.97. The molecule has 1 aromatic heterocycles. The maximum Gasteiger partial charge on any atom is 0.224 e. The van der Waals surface area contributed by atoms with Gasteiger partial charge in [-0.25, -0.2) is 9.37 Å². The standard InChI is InChI=1S/C12H16ClFN4/c13-12-15-7-10(14)11(17-12)16-8-3-5-18-4-1-2-9(18)6-8/h7-9H,1-6H2,(H,15,16,17)/t8-,9+/m1/s1. The molecule has 18 heavy (non-hydrogen) atoms. The number of nitrogens with zero attached hydrogens (tertiary/aromatic N) is 3. The highest BCUT2D eigenvalue weighted by Gasteiger charge is 2.31. The Morgan fingerprint density at radius 3 is 3.17 bits per heavy atom. The third-order valence-corrected chi connectivity index (χ3v) is 4.06. The van der Waals surface area contributed by atoms with Gasteiger partial charge in [0.15, 0.2) is 11.6 Å². The molecule has 0 unspecified atom stereocenters. The molecule has 0 bridgehead atoms. The van der Waals surface area contributed by atoms with Crippen molar-refractivity contribution in [1.29, 1.82) is 0 Å². The molecular formula is C12H16ClFN4. The number of rotatable bonds is 2. The van der Waals surface area contributed by atoms with Gasteiger partial charge in [-0.1, -0.05) is 0 Å². The lowest BCUT2D eigenvalue weighted by Gasteiger charge is -2.35. The zero-order valence-corrected chi connectivity index (χ0v) is 10.8. The third kappa shape index (κ3) is 2.42. The first kappa shape index (κ1) is 12.1. The zero-order chi connectivity index (χ0) is 12.5. The molecule has 0 saturated carbocycles. The van der Waals surface area contributed by atoms with Crippen molar-refractivity contribution in [2.24, 2.45) is 0 Å². The third-order valence-electron chi connectivity index (χ3n) is 3.88. The van der Waals surface area contributed by atoms with Gasteiger partial charge in [0.1, 0.15) is 0 Å². The SMILES string of the molecule is Fc1cnc(Cl)nc1N[C@@H]1CCN2CCC[C@H]2C1. The minimum atomic E-state index is -0.437. The van der Waals surface area contributed by atoms with Crippen LogP contribution in [0.1, 0.15) is 25.7 Å². The molecule has 0 amide bonds. The van der Waals surface area contributed by atoms with E-state index in [1.54, 1.807) is 0 Å². The van der Waals surface area contributed by atoms with Gasteiger partial charge in [-0.15, -0.1) is 0 Å². The van der Waals surface area contributed by atoms with Crippen molar-refractivity contribution in [2.75, 3.05) is 18.4 Å². The first-order valence-electron chi connectivity index (χ1n) is 6.41. The van der Waals surface area contributed by atoms with Crippen LogP contribution in [0.5, 0.6) is 0 Å². The number of hydrogen-bond donors (Lipinski definition) is 1. The number of halogens is 2. The molecule has 4 nitrogen and oxygen atoms in total. The summed E-state index contributed by atoms with van der Waals surface area (Å²) < 4.78 is 13.5. The molecule has 98 valence electrons. The molecule has 2 aliphatic rings. The first-order valence-corrected chi connectivity index (χ1v) is 6.79. The smallest absolute Gasteiger partial charge is 0.224 e. The monoisotopic (exact) mass is 270 g/mol. The average molecular weight is 271 g/mol. The highest BCUT2D eigenvalue weighted by Crippen LogP contribution is 2.28. The molecule has 0 aliphatic carbocycles. The van der Waals surface area contributed by atoms with E-state index in [4.69, 9.17) is 11.6 Å². The molecule has 3 heterocycles. The van der Waals surface area contributed by atoms with Gasteiger partial charge in [-0.3, -0.25) is 0 Å². The van der Waals surface area contributed by atoms with Crippen LogP contribution < -0.4 is 5.32 Å². The largest absolute Gasteiger partial charge is 0.365 e. The second-order valence-electron chi connectivity index (χ2n) is 5.03. The topological polar surface area (TPSA) is 41.1 Å². The Kier molecular flexibility index (Phi) is 3.35. The average Bonchev–Trinajstić information content (AvgIpc) is 2.81. The fourth-order valence-corrected chi connectivity index (χ4v) is 3.13. The van der Waals surface area contributed by atoms with Gasteiger partial charge in [0.25, 0.3) is 0 Å².